The number of hydrogen-bond acceptors (Lipinski definition) is 2. The molecule has 2 nitrogen and oxygen atoms in total. The van der Waals surface area contributed by atoms with Crippen LogP contribution in [0.4, 0.5) is 34.1 Å². The quantitative estimate of drug-likeness (QED) is 0.146. The molecular formula is C42H32N2. The first kappa shape index (κ1) is 26.1. The summed E-state index contributed by atoms with van der Waals surface area (Å²) in [4.78, 5) is 4.83. The van der Waals surface area contributed by atoms with Gasteiger partial charge in [0.1, 0.15) is 0 Å². The second-order valence-electron chi connectivity index (χ2n) is 11.3. The van der Waals surface area contributed by atoms with Crippen molar-refractivity contribution in [3.05, 3.63) is 181 Å². The molecule has 0 spiro atoms. The zero-order chi connectivity index (χ0) is 29.3. The van der Waals surface area contributed by atoms with E-state index in [4.69, 9.17) is 0 Å². The van der Waals surface area contributed by atoms with E-state index in [2.05, 4.69) is 180 Å². The summed E-state index contributed by atoms with van der Waals surface area (Å²) in [6.45, 7) is 0. The summed E-state index contributed by atoms with van der Waals surface area (Å²) < 4.78 is 0. The lowest BCUT2D eigenvalue weighted by molar-refractivity contribution is 1.09. The van der Waals surface area contributed by atoms with Crippen LogP contribution < -0.4 is 9.80 Å². The van der Waals surface area contributed by atoms with Crippen LogP contribution in [0.3, 0.4) is 0 Å². The SMILES string of the molecule is C1=CCc2c(c(N(c3ccccc3)c3ccccc3)cc3c2cc(N(c2ccccc2)c2ccccc2)c2ccccc23)C1. The van der Waals surface area contributed by atoms with Crippen LogP contribution in [0, 0.1) is 0 Å². The zero-order valence-corrected chi connectivity index (χ0v) is 24.5. The summed E-state index contributed by atoms with van der Waals surface area (Å²) in [5.74, 6) is 0. The van der Waals surface area contributed by atoms with Crippen LogP contribution in [0.5, 0.6) is 0 Å². The number of nitrogens with zero attached hydrogens (tertiary/aromatic N) is 2. The minimum atomic E-state index is 0.903. The van der Waals surface area contributed by atoms with Crippen molar-refractivity contribution in [3.8, 4) is 0 Å². The minimum Gasteiger partial charge on any atom is -0.310 e. The van der Waals surface area contributed by atoms with Gasteiger partial charge >= 0.3 is 0 Å². The molecule has 0 bridgehead atoms. The highest BCUT2D eigenvalue weighted by molar-refractivity contribution is 6.17. The molecule has 1 aliphatic carbocycles. The number of hydrogen-bond donors (Lipinski definition) is 0. The van der Waals surface area contributed by atoms with E-state index in [9.17, 15) is 0 Å². The molecule has 2 heteroatoms. The Morgan fingerprint density at radius 1 is 0.318 bits per heavy atom. The minimum absolute atomic E-state index is 0.903. The first-order valence-electron chi connectivity index (χ1n) is 15.3. The van der Waals surface area contributed by atoms with Gasteiger partial charge in [-0.1, -0.05) is 109 Å². The second-order valence-corrected chi connectivity index (χ2v) is 11.3. The molecule has 0 amide bonds. The van der Waals surface area contributed by atoms with Crippen molar-refractivity contribution in [2.24, 2.45) is 0 Å². The molecule has 44 heavy (non-hydrogen) atoms. The summed E-state index contributed by atoms with van der Waals surface area (Å²) in [6.07, 6.45) is 6.47. The molecule has 0 fully saturated rings. The summed E-state index contributed by atoms with van der Waals surface area (Å²) in [5.41, 5.74) is 9.85. The van der Waals surface area contributed by atoms with Crippen molar-refractivity contribution in [2.45, 2.75) is 12.8 Å². The third kappa shape index (κ3) is 4.53. The molecule has 0 radical (unpaired) electrons. The first-order chi connectivity index (χ1) is 21.9. The van der Waals surface area contributed by atoms with Gasteiger partial charge in [-0.3, -0.25) is 0 Å². The van der Waals surface area contributed by atoms with E-state index < -0.39 is 0 Å². The molecule has 0 N–H and O–H groups in total. The molecule has 0 unspecified atom stereocenters. The van der Waals surface area contributed by atoms with Crippen LogP contribution in [-0.4, -0.2) is 0 Å². The van der Waals surface area contributed by atoms with Crippen LogP contribution in [0.1, 0.15) is 11.1 Å². The smallest absolute Gasteiger partial charge is 0.0546 e. The summed E-state index contributed by atoms with van der Waals surface area (Å²) >= 11 is 0. The van der Waals surface area contributed by atoms with Crippen molar-refractivity contribution in [1.82, 2.24) is 0 Å². The molecule has 7 aromatic rings. The first-order valence-corrected chi connectivity index (χ1v) is 15.3. The van der Waals surface area contributed by atoms with Crippen molar-refractivity contribution in [3.63, 3.8) is 0 Å². The predicted octanol–water partition coefficient (Wildman–Crippen LogP) is 11.6. The van der Waals surface area contributed by atoms with E-state index in [1.807, 2.05) is 0 Å². The van der Waals surface area contributed by atoms with Crippen LogP contribution >= 0.6 is 0 Å². The van der Waals surface area contributed by atoms with E-state index in [-0.39, 0.29) is 0 Å². The Morgan fingerprint density at radius 2 is 0.705 bits per heavy atom. The highest BCUT2D eigenvalue weighted by atomic mass is 15.2. The highest BCUT2D eigenvalue weighted by Crippen LogP contribution is 2.47. The topological polar surface area (TPSA) is 6.48 Å². The van der Waals surface area contributed by atoms with Gasteiger partial charge in [-0.25, -0.2) is 0 Å². The summed E-state index contributed by atoms with van der Waals surface area (Å²) in [6, 6.07) is 56.7. The van der Waals surface area contributed by atoms with Gasteiger partial charge in [-0.15, -0.1) is 0 Å². The van der Waals surface area contributed by atoms with Crippen molar-refractivity contribution >= 4 is 55.7 Å². The molecule has 8 rings (SSSR count). The van der Waals surface area contributed by atoms with Gasteiger partial charge in [0.25, 0.3) is 0 Å². The summed E-state index contributed by atoms with van der Waals surface area (Å²) in [5, 5.41) is 5.10. The molecule has 0 saturated carbocycles. The normalized spacial score (nSPS) is 12.3. The Balaban J connectivity index is 1.45. The predicted molar refractivity (Wildman–Crippen MR) is 187 cm³/mol. The lowest BCUT2D eigenvalue weighted by atomic mass is 9.86. The molecule has 0 heterocycles. The van der Waals surface area contributed by atoms with Gasteiger partial charge in [-0.2, -0.15) is 0 Å². The molecule has 0 atom stereocenters. The number of rotatable bonds is 6. The van der Waals surface area contributed by atoms with Crippen molar-refractivity contribution in [1.29, 1.82) is 0 Å². The van der Waals surface area contributed by atoms with E-state index in [1.165, 1.54) is 44.0 Å². The van der Waals surface area contributed by atoms with E-state index >= 15 is 0 Å². The van der Waals surface area contributed by atoms with Gasteiger partial charge in [0, 0.05) is 28.1 Å². The monoisotopic (exact) mass is 564 g/mol. The van der Waals surface area contributed by atoms with Gasteiger partial charge in [0.05, 0.1) is 11.4 Å². The van der Waals surface area contributed by atoms with Crippen LogP contribution in [-0.2, 0) is 12.8 Å². The third-order valence-electron chi connectivity index (χ3n) is 8.69. The van der Waals surface area contributed by atoms with E-state index in [1.54, 1.807) is 0 Å². The van der Waals surface area contributed by atoms with Gasteiger partial charge < -0.3 is 9.80 Å². The Morgan fingerprint density at radius 3 is 1.20 bits per heavy atom. The van der Waals surface area contributed by atoms with Crippen LogP contribution in [0.2, 0.25) is 0 Å². The Hall–Kier alpha value is -5.60. The fraction of sp³-hybridized carbons (Fsp3) is 0.0476. The second kappa shape index (κ2) is 11.2. The molecular weight excluding hydrogens is 532 g/mol. The number of benzene rings is 7. The summed E-state index contributed by atoms with van der Waals surface area (Å²) in [7, 11) is 0. The largest absolute Gasteiger partial charge is 0.310 e. The molecule has 1 aliphatic rings. The maximum Gasteiger partial charge on any atom is 0.0546 e. The average Bonchev–Trinajstić information content (AvgIpc) is 3.11. The standard InChI is InChI=1S/C42H32N2/c1-5-17-31(18-6-1)43(32-19-7-2-8-20-32)41-29-39-36-26-14-16-28-38(36)42(30-40(39)35-25-13-15-27-37(35)41)44(33-21-9-3-10-22-33)34-23-11-4-12-24-34/h1-25,27,29-30H,26,28H2. The van der Waals surface area contributed by atoms with Gasteiger partial charge in [-0.05, 0) is 101 Å². The molecule has 210 valence electrons. The number of para-hydroxylation sites is 4. The Kier molecular flexibility index (Phi) is 6.66. The van der Waals surface area contributed by atoms with E-state index in [0.717, 1.165) is 35.6 Å². The zero-order valence-electron chi connectivity index (χ0n) is 24.5. The molecule has 7 aromatic carbocycles. The number of fused-ring (bicyclic) bond motifs is 5. The van der Waals surface area contributed by atoms with Crippen molar-refractivity contribution in [2.75, 3.05) is 9.80 Å². The number of allylic oxidation sites excluding steroid dienone is 2. The van der Waals surface area contributed by atoms with E-state index in [0.29, 0.717) is 0 Å². The maximum atomic E-state index is 2.44. The van der Waals surface area contributed by atoms with Gasteiger partial charge in [0.15, 0.2) is 0 Å². The average molecular weight is 565 g/mol. The Labute approximate surface area is 258 Å². The molecule has 0 aromatic heterocycles. The fourth-order valence-electron chi connectivity index (χ4n) is 6.74. The number of anilines is 6. The van der Waals surface area contributed by atoms with Crippen LogP contribution in [0.15, 0.2) is 170 Å². The van der Waals surface area contributed by atoms with Crippen LogP contribution in [0.25, 0.3) is 21.5 Å². The lowest BCUT2D eigenvalue weighted by Crippen LogP contribution is -2.15. The van der Waals surface area contributed by atoms with Gasteiger partial charge in [0.2, 0.25) is 0 Å². The third-order valence-corrected chi connectivity index (χ3v) is 8.69. The fourth-order valence-corrected chi connectivity index (χ4v) is 6.74. The maximum absolute atomic E-state index is 2.44. The van der Waals surface area contributed by atoms with Crippen molar-refractivity contribution < 1.29 is 0 Å². The highest BCUT2D eigenvalue weighted by Gasteiger charge is 2.24. The molecule has 0 saturated heterocycles. The molecule has 0 aliphatic heterocycles. The lowest BCUT2D eigenvalue weighted by Gasteiger charge is -2.32. The Bertz CT molecular complexity index is 2020.